The lowest BCUT2D eigenvalue weighted by molar-refractivity contribution is -0.124. The van der Waals surface area contributed by atoms with E-state index in [2.05, 4.69) is 5.32 Å². The molecule has 0 heterocycles. The van der Waals surface area contributed by atoms with E-state index in [0.29, 0.717) is 18.0 Å². The number of ether oxygens (including phenoxy) is 1. The van der Waals surface area contributed by atoms with E-state index in [0.717, 1.165) is 5.56 Å². The summed E-state index contributed by atoms with van der Waals surface area (Å²) < 4.78 is 4.93. The number of hydrogen-bond donors (Lipinski definition) is 1. The number of rotatable bonds is 6. The van der Waals surface area contributed by atoms with E-state index in [4.69, 9.17) is 39.5 Å². The standard InChI is InChI=1S/C17H14Cl3NO3/c18-12-6-4-11(5-7-12)8-9-21-15(22)10-24-17(23)13-2-1-3-14(19)16(13)20/h1-7H,8-10H2,(H,21,22). The van der Waals surface area contributed by atoms with Crippen molar-refractivity contribution in [2.75, 3.05) is 13.2 Å². The largest absolute Gasteiger partial charge is 0.452 e. The third-order valence-corrected chi connectivity index (χ3v) is 4.23. The van der Waals surface area contributed by atoms with Crippen LogP contribution in [0.1, 0.15) is 15.9 Å². The Labute approximate surface area is 154 Å². The molecule has 1 amide bonds. The third kappa shape index (κ3) is 5.41. The first-order valence-electron chi connectivity index (χ1n) is 7.09. The van der Waals surface area contributed by atoms with E-state index in [1.165, 1.54) is 6.07 Å². The summed E-state index contributed by atoms with van der Waals surface area (Å²) in [5.41, 5.74) is 1.17. The van der Waals surface area contributed by atoms with Crippen LogP contribution in [-0.2, 0) is 16.0 Å². The Morgan fingerprint density at radius 2 is 1.71 bits per heavy atom. The summed E-state index contributed by atoms with van der Waals surface area (Å²) in [5, 5.41) is 3.68. The van der Waals surface area contributed by atoms with Crippen molar-refractivity contribution in [3.63, 3.8) is 0 Å². The van der Waals surface area contributed by atoms with Crippen molar-refractivity contribution in [3.8, 4) is 0 Å². The van der Waals surface area contributed by atoms with Crippen LogP contribution in [0.25, 0.3) is 0 Å². The molecule has 2 rings (SSSR count). The lowest BCUT2D eigenvalue weighted by atomic mass is 10.1. The van der Waals surface area contributed by atoms with Crippen LogP contribution in [0, 0.1) is 0 Å². The number of hydrogen-bond acceptors (Lipinski definition) is 3. The molecule has 126 valence electrons. The lowest BCUT2D eigenvalue weighted by Gasteiger charge is -2.08. The van der Waals surface area contributed by atoms with Gasteiger partial charge < -0.3 is 10.1 Å². The van der Waals surface area contributed by atoms with E-state index in [1.54, 1.807) is 24.3 Å². The van der Waals surface area contributed by atoms with Gasteiger partial charge in [0.2, 0.25) is 0 Å². The SMILES string of the molecule is O=C(COC(=O)c1cccc(Cl)c1Cl)NCCc1ccc(Cl)cc1. The smallest absolute Gasteiger partial charge is 0.340 e. The van der Waals surface area contributed by atoms with Crippen molar-refractivity contribution >= 4 is 46.7 Å². The first-order chi connectivity index (χ1) is 11.5. The quantitative estimate of drug-likeness (QED) is 0.758. The van der Waals surface area contributed by atoms with E-state index >= 15 is 0 Å². The molecule has 1 N–H and O–H groups in total. The molecule has 0 spiro atoms. The minimum absolute atomic E-state index is 0.104. The van der Waals surface area contributed by atoms with Crippen molar-refractivity contribution in [1.29, 1.82) is 0 Å². The molecule has 2 aromatic carbocycles. The predicted octanol–water partition coefficient (Wildman–Crippen LogP) is 4.16. The van der Waals surface area contributed by atoms with Crippen LogP contribution < -0.4 is 5.32 Å². The summed E-state index contributed by atoms with van der Waals surface area (Å²) in [5.74, 6) is -1.09. The van der Waals surface area contributed by atoms with Crippen LogP contribution in [0.15, 0.2) is 42.5 Å². The van der Waals surface area contributed by atoms with Gasteiger partial charge in [-0.1, -0.05) is 53.0 Å². The Hall–Kier alpha value is -1.75. The molecular formula is C17H14Cl3NO3. The second-order valence-corrected chi connectivity index (χ2v) is 6.13. The number of halogens is 3. The maximum absolute atomic E-state index is 11.9. The minimum atomic E-state index is -0.699. The Morgan fingerprint density at radius 3 is 2.42 bits per heavy atom. The summed E-state index contributed by atoms with van der Waals surface area (Å²) in [6.07, 6.45) is 0.650. The average molecular weight is 387 g/mol. The summed E-state index contributed by atoms with van der Waals surface area (Å²) in [4.78, 5) is 23.6. The monoisotopic (exact) mass is 385 g/mol. The first kappa shape index (κ1) is 18.6. The zero-order chi connectivity index (χ0) is 17.5. The zero-order valence-corrected chi connectivity index (χ0v) is 14.8. The molecule has 7 heteroatoms. The highest BCUT2D eigenvalue weighted by Crippen LogP contribution is 2.25. The molecule has 0 bridgehead atoms. The Morgan fingerprint density at radius 1 is 1.00 bits per heavy atom. The van der Waals surface area contributed by atoms with Crippen LogP contribution in [0.4, 0.5) is 0 Å². The van der Waals surface area contributed by atoms with Gasteiger partial charge in [0.15, 0.2) is 6.61 Å². The van der Waals surface area contributed by atoms with Gasteiger partial charge in [-0.25, -0.2) is 4.79 Å². The van der Waals surface area contributed by atoms with Crippen molar-refractivity contribution < 1.29 is 14.3 Å². The molecule has 0 aliphatic rings. The van der Waals surface area contributed by atoms with Crippen molar-refractivity contribution in [2.24, 2.45) is 0 Å². The first-order valence-corrected chi connectivity index (χ1v) is 8.23. The maximum atomic E-state index is 11.9. The highest BCUT2D eigenvalue weighted by molar-refractivity contribution is 6.43. The number of benzene rings is 2. The van der Waals surface area contributed by atoms with Gasteiger partial charge in [0.1, 0.15) is 0 Å². The molecular weight excluding hydrogens is 373 g/mol. The van der Waals surface area contributed by atoms with E-state index in [9.17, 15) is 9.59 Å². The molecule has 2 aromatic rings. The van der Waals surface area contributed by atoms with Crippen molar-refractivity contribution in [2.45, 2.75) is 6.42 Å². The zero-order valence-electron chi connectivity index (χ0n) is 12.5. The second-order valence-electron chi connectivity index (χ2n) is 4.90. The molecule has 0 atom stereocenters. The normalized spacial score (nSPS) is 10.3. The van der Waals surface area contributed by atoms with Gasteiger partial charge in [-0.15, -0.1) is 0 Å². The van der Waals surface area contributed by atoms with Gasteiger partial charge in [-0.3, -0.25) is 4.79 Å². The molecule has 0 unspecified atom stereocenters. The number of nitrogens with one attached hydrogen (secondary N) is 1. The van der Waals surface area contributed by atoms with Crippen LogP contribution >= 0.6 is 34.8 Å². The van der Waals surface area contributed by atoms with Crippen LogP contribution in [0.5, 0.6) is 0 Å². The Balaban J connectivity index is 1.75. The molecule has 0 saturated heterocycles. The molecule has 0 aliphatic heterocycles. The van der Waals surface area contributed by atoms with Crippen LogP contribution in [0.3, 0.4) is 0 Å². The number of esters is 1. The van der Waals surface area contributed by atoms with Gasteiger partial charge in [-0.05, 0) is 36.2 Å². The van der Waals surface area contributed by atoms with Crippen molar-refractivity contribution in [3.05, 3.63) is 68.7 Å². The molecule has 0 fully saturated rings. The van der Waals surface area contributed by atoms with Crippen molar-refractivity contribution in [1.82, 2.24) is 5.32 Å². The molecule has 0 radical (unpaired) electrons. The van der Waals surface area contributed by atoms with E-state index < -0.39 is 11.9 Å². The van der Waals surface area contributed by atoms with E-state index in [1.807, 2.05) is 12.1 Å². The Bertz CT molecular complexity index is 732. The number of amides is 1. The third-order valence-electron chi connectivity index (χ3n) is 3.15. The molecule has 24 heavy (non-hydrogen) atoms. The predicted molar refractivity (Wildman–Crippen MR) is 94.9 cm³/mol. The van der Waals surface area contributed by atoms with Gasteiger partial charge >= 0.3 is 5.97 Å². The topological polar surface area (TPSA) is 55.4 Å². The minimum Gasteiger partial charge on any atom is -0.452 e. The Kier molecular flexibility index (Phi) is 6.91. The van der Waals surface area contributed by atoms with Gasteiger partial charge in [0.25, 0.3) is 5.91 Å². The van der Waals surface area contributed by atoms with Gasteiger partial charge in [0, 0.05) is 11.6 Å². The second kappa shape index (κ2) is 8.92. The average Bonchev–Trinajstić information content (AvgIpc) is 2.57. The summed E-state index contributed by atoms with van der Waals surface area (Å²) in [6.45, 7) is 0.0399. The highest BCUT2D eigenvalue weighted by Gasteiger charge is 2.15. The fourth-order valence-corrected chi connectivity index (χ4v) is 2.42. The maximum Gasteiger partial charge on any atom is 0.340 e. The number of carbonyl (C=O) groups excluding carboxylic acids is 2. The highest BCUT2D eigenvalue weighted by atomic mass is 35.5. The fourth-order valence-electron chi connectivity index (χ4n) is 1.92. The van der Waals surface area contributed by atoms with E-state index in [-0.39, 0.29) is 22.2 Å². The van der Waals surface area contributed by atoms with Crippen LogP contribution in [0.2, 0.25) is 15.1 Å². The van der Waals surface area contributed by atoms with Gasteiger partial charge in [0.05, 0.1) is 15.6 Å². The number of carbonyl (C=O) groups is 2. The summed E-state index contributed by atoms with van der Waals surface area (Å²) >= 11 is 17.6. The lowest BCUT2D eigenvalue weighted by Crippen LogP contribution is -2.30. The summed E-state index contributed by atoms with van der Waals surface area (Å²) in [7, 11) is 0. The molecule has 0 aliphatic carbocycles. The van der Waals surface area contributed by atoms with Crippen LogP contribution in [-0.4, -0.2) is 25.0 Å². The summed E-state index contributed by atoms with van der Waals surface area (Å²) in [6, 6.07) is 12.0. The molecule has 4 nitrogen and oxygen atoms in total. The van der Waals surface area contributed by atoms with Gasteiger partial charge in [-0.2, -0.15) is 0 Å². The molecule has 0 aromatic heterocycles. The fraction of sp³-hybridized carbons (Fsp3) is 0.176. The molecule has 0 saturated carbocycles.